The highest BCUT2D eigenvalue weighted by Gasteiger charge is 2.17. The second kappa shape index (κ2) is 6.87. The van der Waals surface area contributed by atoms with Gasteiger partial charge < -0.3 is 14.7 Å². The fraction of sp³-hybridized carbons (Fsp3) is 0.462. The van der Waals surface area contributed by atoms with Crippen molar-refractivity contribution in [2.45, 2.75) is 13.0 Å². The van der Waals surface area contributed by atoms with Crippen molar-refractivity contribution in [3.63, 3.8) is 0 Å². The first-order chi connectivity index (χ1) is 8.47. The maximum absolute atomic E-state index is 12.2. The lowest BCUT2D eigenvalue weighted by atomic mass is 10.1. The highest BCUT2D eigenvalue weighted by Crippen LogP contribution is 2.20. The smallest absolute Gasteiger partial charge is 0.253 e. The van der Waals surface area contributed by atoms with Gasteiger partial charge in [-0.05, 0) is 24.6 Å². The Hall–Kier alpha value is -0.910. The molecule has 1 rings (SSSR count). The summed E-state index contributed by atoms with van der Waals surface area (Å²) in [7, 11) is 3.19. The van der Waals surface area contributed by atoms with Crippen LogP contribution in [0.2, 0.25) is 0 Å². The number of methoxy groups -OCH3 is 1. The monoisotopic (exact) mass is 315 g/mol. The molecule has 0 aliphatic carbocycles. The van der Waals surface area contributed by atoms with Crippen LogP contribution in [-0.4, -0.2) is 49.3 Å². The van der Waals surface area contributed by atoms with E-state index in [0.717, 1.165) is 10.0 Å². The van der Waals surface area contributed by atoms with Gasteiger partial charge in [0.05, 0.1) is 12.7 Å². The zero-order chi connectivity index (χ0) is 13.7. The molecule has 0 bridgehead atoms. The molecule has 18 heavy (non-hydrogen) atoms. The van der Waals surface area contributed by atoms with Crippen LogP contribution in [0.25, 0.3) is 0 Å². The first kappa shape index (κ1) is 15.1. The first-order valence-electron chi connectivity index (χ1n) is 5.65. The van der Waals surface area contributed by atoms with E-state index in [0.29, 0.717) is 5.56 Å². The van der Waals surface area contributed by atoms with Gasteiger partial charge in [0.2, 0.25) is 0 Å². The molecule has 5 heteroatoms. The second-order valence-electron chi connectivity index (χ2n) is 4.21. The van der Waals surface area contributed by atoms with Crippen LogP contribution >= 0.6 is 15.9 Å². The summed E-state index contributed by atoms with van der Waals surface area (Å²) in [6.45, 7) is 2.35. The number of rotatable bonds is 5. The van der Waals surface area contributed by atoms with E-state index >= 15 is 0 Å². The number of benzene rings is 1. The lowest BCUT2D eigenvalue weighted by molar-refractivity contribution is 0.0380. The summed E-state index contributed by atoms with van der Waals surface area (Å²) in [6.07, 6.45) is -0.670. The topological polar surface area (TPSA) is 49.8 Å². The van der Waals surface area contributed by atoms with E-state index in [-0.39, 0.29) is 19.1 Å². The minimum atomic E-state index is -0.670. The fourth-order valence-electron chi connectivity index (χ4n) is 1.69. The van der Waals surface area contributed by atoms with Crippen molar-refractivity contribution in [3.8, 4) is 0 Å². The largest absolute Gasteiger partial charge is 0.389 e. The van der Waals surface area contributed by atoms with Crippen molar-refractivity contribution >= 4 is 21.8 Å². The van der Waals surface area contributed by atoms with E-state index < -0.39 is 6.10 Å². The molecule has 0 heterocycles. The van der Waals surface area contributed by atoms with Crippen LogP contribution < -0.4 is 0 Å². The number of hydrogen-bond acceptors (Lipinski definition) is 3. The van der Waals surface area contributed by atoms with Gasteiger partial charge in [-0.25, -0.2) is 0 Å². The minimum absolute atomic E-state index is 0.107. The van der Waals surface area contributed by atoms with Crippen molar-refractivity contribution in [2.75, 3.05) is 27.3 Å². The van der Waals surface area contributed by atoms with Gasteiger partial charge in [-0.15, -0.1) is 0 Å². The molecule has 1 aromatic rings. The standard InChI is InChI=1S/C13H18BrNO3/c1-9-11(5-4-6-12(9)14)13(17)15(2)7-10(16)8-18-3/h4-6,10,16H,7-8H2,1-3H3. The SMILES string of the molecule is COCC(O)CN(C)C(=O)c1cccc(Br)c1C. The Bertz CT molecular complexity index is 423. The molecule has 100 valence electrons. The summed E-state index contributed by atoms with van der Waals surface area (Å²) in [5, 5.41) is 9.61. The molecule has 0 aromatic heterocycles. The summed E-state index contributed by atoms with van der Waals surface area (Å²) < 4.78 is 5.74. The normalized spacial score (nSPS) is 12.3. The van der Waals surface area contributed by atoms with Gasteiger partial charge in [-0.1, -0.05) is 22.0 Å². The molecule has 1 atom stereocenters. The van der Waals surface area contributed by atoms with Gasteiger partial charge in [0, 0.05) is 30.7 Å². The fourth-order valence-corrected chi connectivity index (χ4v) is 2.06. The van der Waals surface area contributed by atoms with Crippen LogP contribution in [0.3, 0.4) is 0 Å². The molecule has 0 radical (unpaired) electrons. The number of carbonyl (C=O) groups excluding carboxylic acids is 1. The second-order valence-corrected chi connectivity index (χ2v) is 5.06. The molecule has 0 saturated carbocycles. The lowest BCUT2D eigenvalue weighted by Crippen LogP contribution is -2.36. The van der Waals surface area contributed by atoms with E-state index in [1.807, 2.05) is 19.1 Å². The quantitative estimate of drug-likeness (QED) is 0.902. The van der Waals surface area contributed by atoms with Gasteiger partial charge in [0.1, 0.15) is 0 Å². The molecule has 0 fully saturated rings. The Morgan fingerprint density at radius 2 is 2.22 bits per heavy atom. The maximum Gasteiger partial charge on any atom is 0.253 e. The van der Waals surface area contributed by atoms with E-state index in [2.05, 4.69) is 15.9 Å². The maximum atomic E-state index is 12.2. The summed E-state index contributed by atoms with van der Waals surface area (Å²) in [5.74, 6) is -0.107. The molecule has 1 unspecified atom stereocenters. The van der Waals surface area contributed by atoms with Crippen molar-refractivity contribution in [1.82, 2.24) is 4.90 Å². The number of aliphatic hydroxyl groups is 1. The molecule has 0 spiro atoms. The number of ether oxygens (including phenoxy) is 1. The molecular formula is C13H18BrNO3. The number of hydrogen-bond donors (Lipinski definition) is 1. The number of nitrogens with zero attached hydrogens (tertiary/aromatic N) is 1. The van der Waals surface area contributed by atoms with Crippen LogP contribution in [0.1, 0.15) is 15.9 Å². The number of amides is 1. The van der Waals surface area contributed by atoms with Crippen molar-refractivity contribution < 1.29 is 14.6 Å². The summed E-state index contributed by atoms with van der Waals surface area (Å²) in [5.41, 5.74) is 1.53. The third-order valence-corrected chi connectivity index (χ3v) is 3.55. The van der Waals surface area contributed by atoms with Crippen LogP contribution in [0.4, 0.5) is 0 Å². The van der Waals surface area contributed by atoms with Crippen LogP contribution in [-0.2, 0) is 4.74 Å². The van der Waals surface area contributed by atoms with Gasteiger partial charge in [0.25, 0.3) is 5.91 Å². The van der Waals surface area contributed by atoms with E-state index in [1.54, 1.807) is 13.1 Å². The third-order valence-electron chi connectivity index (χ3n) is 2.69. The number of aliphatic hydroxyl groups excluding tert-OH is 1. The molecule has 0 aliphatic rings. The Kier molecular flexibility index (Phi) is 5.78. The van der Waals surface area contributed by atoms with Crippen LogP contribution in [0.5, 0.6) is 0 Å². The Morgan fingerprint density at radius 3 is 2.83 bits per heavy atom. The average Bonchev–Trinajstić information content (AvgIpc) is 2.32. The molecule has 4 nitrogen and oxygen atoms in total. The highest BCUT2D eigenvalue weighted by atomic mass is 79.9. The zero-order valence-corrected chi connectivity index (χ0v) is 12.4. The molecule has 0 aliphatic heterocycles. The predicted molar refractivity (Wildman–Crippen MR) is 73.7 cm³/mol. The van der Waals surface area contributed by atoms with Gasteiger partial charge in [0.15, 0.2) is 0 Å². The van der Waals surface area contributed by atoms with Crippen LogP contribution in [0.15, 0.2) is 22.7 Å². The Balaban J connectivity index is 2.77. The average molecular weight is 316 g/mol. The highest BCUT2D eigenvalue weighted by molar-refractivity contribution is 9.10. The van der Waals surface area contributed by atoms with E-state index in [1.165, 1.54) is 12.0 Å². The minimum Gasteiger partial charge on any atom is -0.389 e. The zero-order valence-electron chi connectivity index (χ0n) is 10.8. The molecule has 0 saturated heterocycles. The third kappa shape index (κ3) is 3.80. The summed E-state index contributed by atoms with van der Waals surface area (Å²) >= 11 is 3.40. The van der Waals surface area contributed by atoms with Crippen molar-refractivity contribution in [1.29, 1.82) is 0 Å². The summed E-state index contributed by atoms with van der Waals surface area (Å²) in [6, 6.07) is 5.50. The number of carbonyl (C=O) groups is 1. The van der Waals surface area contributed by atoms with E-state index in [9.17, 15) is 9.90 Å². The first-order valence-corrected chi connectivity index (χ1v) is 6.44. The van der Waals surface area contributed by atoms with Crippen LogP contribution in [0, 0.1) is 6.92 Å². The Labute approximate surface area is 116 Å². The molecule has 1 N–H and O–H groups in total. The molecule has 1 amide bonds. The Morgan fingerprint density at radius 1 is 1.56 bits per heavy atom. The van der Waals surface area contributed by atoms with Crippen molar-refractivity contribution in [3.05, 3.63) is 33.8 Å². The predicted octanol–water partition coefficient (Wildman–Crippen LogP) is 1.84. The number of halogens is 1. The van der Waals surface area contributed by atoms with Crippen molar-refractivity contribution in [2.24, 2.45) is 0 Å². The van der Waals surface area contributed by atoms with Gasteiger partial charge >= 0.3 is 0 Å². The molecular weight excluding hydrogens is 298 g/mol. The van der Waals surface area contributed by atoms with Gasteiger partial charge in [-0.3, -0.25) is 4.79 Å². The van der Waals surface area contributed by atoms with E-state index in [4.69, 9.17) is 4.74 Å². The lowest BCUT2D eigenvalue weighted by Gasteiger charge is -2.21. The molecule has 1 aromatic carbocycles. The number of likely N-dealkylation sites (N-methyl/N-ethyl adjacent to an activating group) is 1. The summed E-state index contributed by atoms with van der Waals surface area (Å²) in [4.78, 5) is 13.7. The van der Waals surface area contributed by atoms with Gasteiger partial charge in [-0.2, -0.15) is 0 Å².